The van der Waals surface area contributed by atoms with Crippen molar-refractivity contribution in [2.24, 2.45) is 0 Å². The van der Waals surface area contributed by atoms with Crippen molar-refractivity contribution in [3.8, 4) is 5.88 Å². The summed E-state index contributed by atoms with van der Waals surface area (Å²) in [4.78, 5) is 10.8. The Hall–Kier alpha value is -1.36. The summed E-state index contributed by atoms with van der Waals surface area (Å²) in [5, 5.41) is 0. The molecule has 2 N–H and O–H groups in total. The number of nitrogens with zero attached hydrogens (tertiary/aromatic N) is 3. The van der Waals surface area contributed by atoms with E-state index in [4.69, 9.17) is 10.5 Å². The highest BCUT2D eigenvalue weighted by molar-refractivity contribution is 5.38. The molecule has 15 heavy (non-hydrogen) atoms. The van der Waals surface area contributed by atoms with Crippen LogP contribution in [-0.4, -0.2) is 28.0 Å². The van der Waals surface area contributed by atoms with Crippen LogP contribution in [0.15, 0.2) is 0 Å². The van der Waals surface area contributed by atoms with Gasteiger partial charge in [-0.25, -0.2) is 4.98 Å². The Balaban J connectivity index is 1.96. The van der Waals surface area contributed by atoms with E-state index in [1.54, 1.807) is 7.11 Å². The predicted octanol–water partition coefficient (Wildman–Crippen LogP) is 0.545. The number of nitrogens with two attached hydrogens (primary N) is 1. The minimum atomic E-state index is 0.309. The van der Waals surface area contributed by atoms with Crippen LogP contribution in [0.1, 0.15) is 24.1 Å². The Labute approximate surface area is 88.3 Å². The molecule has 1 fully saturated rings. The van der Waals surface area contributed by atoms with Crippen molar-refractivity contribution in [3.05, 3.63) is 11.3 Å². The molecule has 0 radical (unpaired) electrons. The number of hydrogen-bond donors (Lipinski definition) is 1. The third-order valence-electron chi connectivity index (χ3n) is 3.04. The van der Waals surface area contributed by atoms with Crippen LogP contribution in [0.4, 0.5) is 5.95 Å². The van der Waals surface area contributed by atoms with Crippen molar-refractivity contribution in [2.75, 3.05) is 12.8 Å². The van der Waals surface area contributed by atoms with Crippen LogP contribution in [-0.2, 0) is 13.1 Å². The minimum absolute atomic E-state index is 0.309. The standard InChI is InChI=1S/C10H14N4O/c1-15-9-7-4-14(6-2-3-6)5-8(7)12-10(11)13-9/h6H,2-5H2,1H3,(H2,11,12,13). The molecule has 5 heteroatoms. The number of ether oxygens (including phenoxy) is 1. The molecule has 0 bridgehead atoms. The summed E-state index contributed by atoms with van der Waals surface area (Å²) in [5.74, 6) is 0.948. The molecule has 0 aromatic carbocycles. The number of aromatic nitrogens is 2. The monoisotopic (exact) mass is 206 g/mol. The third-order valence-corrected chi connectivity index (χ3v) is 3.04. The van der Waals surface area contributed by atoms with E-state index in [0.29, 0.717) is 11.8 Å². The maximum Gasteiger partial charge on any atom is 0.223 e. The summed E-state index contributed by atoms with van der Waals surface area (Å²) in [5.41, 5.74) is 7.77. The summed E-state index contributed by atoms with van der Waals surface area (Å²) in [6.45, 7) is 1.80. The lowest BCUT2D eigenvalue weighted by atomic mass is 10.2. The summed E-state index contributed by atoms with van der Waals surface area (Å²) in [6.07, 6.45) is 2.61. The van der Waals surface area contributed by atoms with Crippen molar-refractivity contribution in [1.82, 2.24) is 14.9 Å². The highest BCUT2D eigenvalue weighted by atomic mass is 16.5. The third kappa shape index (κ3) is 1.43. The van der Waals surface area contributed by atoms with Gasteiger partial charge in [-0.05, 0) is 12.8 Å². The SMILES string of the molecule is COc1nc(N)nc2c1CN(C1CC1)C2. The van der Waals surface area contributed by atoms with E-state index in [9.17, 15) is 0 Å². The fourth-order valence-electron chi connectivity index (χ4n) is 2.13. The van der Waals surface area contributed by atoms with Gasteiger partial charge in [-0.2, -0.15) is 4.98 Å². The number of fused-ring (bicyclic) bond motifs is 1. The van der Waals surface area contributed by atoms with Gasteiger partial charge in [-0.15, -0.1) is 0 Å². The van der Waals surface area contributed by atoms with Gasteiger partial charge in [0.25, 0.3) is 0 Å². The largest absolute Gasteiger partial charge is 0.481 e. The lowest BCUT2D eigenvalue weighted by molar-refractivity contribution is 0.269. The van der Waals surface area contributed by atoms with Gasteiger partial charge in [0.05, 0.1) is 18.4 Å². The molecular weight excluding hydrogens is 192 g/mol. The van der Waals surface area contributed by atoms with E-state index in [1.807, 2.05) is 0 Å². The number of methoxy groups -OCH3 is 1. The van der Waals surface area contributed by atoms with Gasteiger partial charge in [0, 0.05) is 19.1 Å². The van der Waals surface area contributed by atoms with Crippen molar-refractivity contribution >= 4 is 5.95 Å². The maximum absolute atomic E-state index is 5.62. The second kappa shape index (κ2) is 3.06. The van der Waals surface area contributed by atoms with Crippen LogP contribution in [0.25, 0.3) is 0 Å². The molecule has 3 rings (SSSR count). The fraction of sp³-hybridized carbons (Fsp3) is 0.600. The predicted molar refractivity (Wildman–Crippen MR) is 55.3 cm³/mol. The van der Waals surface area contributed by atoms with Crippen LogP contribution in [0, 0.1) is 0 Å². The number of hydrogen-bond acceptors (Lipinski definition) is 5. The molecular formula is C10H14N4O. The topological polar surface area (TPSA) is 64.3 Å². The minimum Gasteiger partial charge on any atom is -0.481 e. The second-order valence-electron chi connectivity index (χ2n) is 4.15. The first-order chi connectivity index (χ1) is 7.28. The molecule has 2 aliphatic rings. The molecule has 1 aliphatic heterocycles. The van der Waals surface area contributed by atoms with Crippen molar-refractivity contribution in [1.29, 1.82) is 0 Å². The summed E-state index contributed by atoms with van der Waals surface area (Å²) in [7, 11) is 1.63. The van der Waals surface area contributed by atoms with Crippen molar-refractivity contribution < 1.29 is 4.74 Å². The fourth-order valence-corrected chi connectivity index (χ4v) is 2.13. The lowest BCUT2D eigenvalue weighted by Crippen LogP contribution is -2.18. The zero-order chi connectivity index (χ0) is 10.4. The normalized spacial score (nSPS) is 20.3. The zero-order valence-corrected chi connectivity index (χ0v) is 8.73. The summed E-state index contributed by atoms with van der Waals surface area (Å²) >= 11 is 0. The Kier molecular flexibility index (Phi) is 1.82. The van der Waals surface area contributed by atoms with Crippen LogP contribution in [0.3, 0.4) is 0 Å². The number of anilines is 1. The van der Waals surface area contributed by atoms with E-state index in [2.05, 4.69) is 14.9 Å². The summed E-state index contributed by atoms with van der Waals surface area (Å²) < 4.78 is 5.23. The van der Waals surface area contributed by atoms with Gasteiger partial charge >= 0.3 is 0 Å². The first kappa shape index (κ1) is 8.91. The van der Waals surface area contributed by atoms with Crippen LogP contribution in [0.2, 0.25) is 0 Å². The molecule has 0 unspecified atom stereocenters. The zero-order valence-electron chi connectivity index (χ0n) is 8.73. The van der Waals surface area contributed by atoms with Gasteiger partial charge in [0.15, 0.2) is 0 Å². The van der Waals surface area contributed by atoms with Crippen molar-refractivity contribution in [3.63, 3.8) is 0 Å². The Morgan fingerprint density at radius 2 is 2.13 bits per heavy atom. The molecule has 5 nitrogen and oxygen atoms in total. The van der Waals surface area contributed by atoms with Gasteiger partial charge in [0.1, 0.15) is 0 Å². The summed E-state index contributed by atoms with van der Waals surface area (Å²) in [6, 6.07) is 0.741. The van der Waals surface area contributed by atoms with Gasteiger partial charge in [-0.1, -0.05) is 0 Å². The first-order valence-electron chi connectivity index (χ1n) is 5.21. The number of nitrogen functional groups attached to an aromatic ring is 1. The van der Waals surface area contributed by atoms with E-state index in [1.165, 1.54) is 12.8 Å². The molecule has 0 amide bonds. The average Bonchev–Trinajstić information content (AvgIpc) is 2.98. The first-order valence-corrected chi connectivity index (χ1v) is 5.21. The lowest BCUT2D eigenvalue weighted by Gasteiger charge is -2.11. The molecule has 0 spiro atoms. The molecule has 1 aliphatic carbocycles. The molecule has 80 valence electrons. The number of rotatable bonds is 2. The Morgan fingerprint density at radius 3 is 2.80 bits per heavy atom. The molecule has 2 heterocycles. The van der Waals surface area contributed by atoms with Crippen LogP contribution in [0.5, 0.6) is 5.88 Å². The van der Waals surface area contributed by atoms with Gasteiger partial charge in [0.2, 0.25) is 11.8 Å². The smallest absolute Gasteiger partial charge is 0.223 e. The highest BCUT2D eigenvalue weighted by Crippen LogP contribution is 2.36. The molecule has 1 aromatic rings. The van der Waals surface area contributed by atoms with Crippen molar-refractivity contribution in [2.45, 2.75) is 32.0 Å². The quantitative estimate of drug-likeness (QED) is 0.765. The van der Waals surface area contributed by atoms with Gasteiger partial charge in [-0.3, -0.25) is 4.90 Å². The average molecular weight is 206 g/mol. The Bertz CT molecular complexity index is 403. The van der Waals surface area contributed by atoms with Gasteiger partial charge < -0.3 is 10.5 Å². The molecule has 1 aromatic heterocycles. The van der Waals surface area contributed by atoms with Crippen LogP contribution >= 0.6 is 0 Å². The molecule has 0 atom stereocenters. The molecule has 0 saturated heterocycles. The highest BCUT2D eigenvalue weighted by Gasteiger charge is 2.35. The Morgan fingerprint density at radius 1 is 1.33 bits per heavy atom. The van der Waals surface area contributed by atoms with E-state index in [-0.39, 0.29) is 0 Å². The van der Waals surface area contributed by atoms with E-state index in [0.717, 1.165) is 30.4 Å². The van der Waals surface area contributed by atoms with Crippen LogP contribution < -0.4 is 10.5 Å². The maximum atomic E-state index is 5.62. The molecule has 1 saturated carbocycles. The van der Waals surface area contributed by atoms with E-state index < -0.39 is 0 Å². The van der Waals surface area contributed by atoms with E-state index >= 15 is 0 Å². The second-order valence-corrected chi connectivity index (χ2v) is 4.15.